The van der Waals surface area contributed by atoms with Gasteiger partial charge in [-0.3, -0.25) is 4.79 Å². The molecule has 2 rings (SSSR count). The normalized spacial score (nSPS) is 16.7. The maximum atomic E-state index is 11.8. The summed E-state index contributed by atoms with van der Waals surface area (Å²) in [7, 11) is 3.19. The summed E-state index contributed by atoms with van der Waals surface area (Å²) in [5, 5.41) is -0.0470. The van der Waals surface area contributed by atoms with Crippen molar-refractivity contribution in [1.29, 1.82) is 0 Å². The molecule has 100 valence electrons. The van der Waals surface area contributed by atoms with Gasteiger partial charge in [0.15, 0.2) is 0 Å². The molecule has 0 aliphatic carbocycles. The maximum Gasteiger partial charge on any atom is 0.244 e. The minimum absolute atomic E-state index is 0.0470. The van der Waals surface area contributed by atoms with Crippen LogP contribution >= 0.6 is 23.5 Å². The van der Waals surface area contributed by atoms with Crippen molar-refractivity contribution < 1.29 is 14.3 Å². The van der Waals surface area contributed by atoms with Gasteiger partial charge in [0.05, 0.1) is 14.2 Å². The van der Waals surface area contributed by atoms with Gasteiger partial charge in [0.2, 0.25) is 5.12 Å². The van der Waals surface area contributed by atoms with Crippen LogP contribution < -0.4 is 9.47 Å². The summed E-state index contributed by atoms with van der Waals surface area (Å²) in [5.74, 6) is 1.39. The number of methoxy groups -OCH3 is 2. The third kappa shape index (κ3) is 3.13. The Balaban J connectivity index is 2.41. The SMILES string of the molecule is COc1ccc(OC)c(C=C2N=C(SC)SC2=O)c1. The van der Waals surface area contributed by atoms with Crippen LogP contribution in [0, 0.1) is 0 Å². The van der Waals surface area contributed by atoms with E-state index in [-0.39, 0.29) is 5.12 Å². The number of benzene rings is 1. The Morgan fingerprint density at radius 2 is 2.11 bits per heavy atom. The highest BCUT2D eigenvalue weighted by molar-refractivity contribution is 8.45. The van der Waals surface area contributed by atoms with Crippen molar-refractivity contribution in [2.24, 2.45) is 4.99 Å². The fourth-order valence-electron chi connectivity index (χ4n) is 1.58. The molecule has 6 heteroatoms. The second-order valence-electron chi connectivity index (χ2n) is 3.61. The first kappa shape index (κ1) is 14.0. The molecule has 19 heavy (non-hydrogen) atoms. The summed E-state index contributed by atoms with van der Waals surface area (Å²) in [4.78, 5) is 16.1. The van der Waals surface area contributed by atoms with Gasteiger partial charge in [0, 0.05) is 5.56 Å². The zero-order valence-corrected chi connectivity index (χ0v) is 12.4. The fraction of sp³-hybridized carbons (Fsp3) is 0.231. The smallest absolute Gasteiger partial charge is 0.244 e. The van der Waals surface area contributed by atoms with E-state index in [0.717, 1.165) is 21.7 Å². The number of thioether (sulfide) groups is 2. The van der Waals surface area contributed by atoms with Crippen molar-refractivity contribution in [3.05, 3.63) is 29.5 Å². The molecule has 0 radical (unpaired) electrons. The van der Waals surface area contributed by atoms with Gasteiger partial charge in [-0.2, -0.15) is 0 Å². The Hall–Kier alpha value is -1.40. The first-order chi connectivity index (χ1) is 9.17. The van der Waals surface area contributed by atoms with Gasteiger partial charge in [-0.05, 0) is 42.3 Å². The molecule has 1 heterocycles. The van der Waals surface area contributed by atoms with Gasteiger partial charge in [0.1, 0.15) is 21.6 Å². The molecule has 0 aromatic heterocycles. The molecule has 0 atom stereocenters. The first-order valence-corrected chi connectivity index (χ1v) is 7.50. The molecule has 1 aliphatic heterocycles. The van der Waals surface area contributed by atoms with E-state index in [9.17, 15) is 4.79 Å². The Morgan fingerprint density at radius 1 is 1.32 bits per heavy atom. The first-order valence-electron chi connectivity index (χ1n) is 5.46. The molecule has 0 saturated carbocycles. The predicted molar refractivity (Wildman–Crippen MR) is 81.1 cm³/mol. The Morgan fingerprint density at radius 3 is 2.68 bits per heavy atom. The van der Waals surface area contributed by atoms with E-state index in [1.165, 1.54) is 11.8 Å². The van der Waals surface area contributed by atoms with Gasteiger partial charge in [-0.15, -0.1) is 11.8 Å². The standard InChI is InChI=1S/C13H13NO3S2/c1-16-9-4-5-11(17-2)8(6-9)7-10-12(15)19-13(14-10)18-3/h4-7H,1-3H3. The number of carbonyl (C=O) groups is 1. The number of aliphatic imine (C=N–C) groups is 1. The van der Waals surface area contributed by atoms with Crippen molar-refractivity contribution in [2.45, 2.75) is 0 Å². The predicted octanol–water partition coefficient (Wildman–Crippen LogP) is 3.04. The summed E-state index contributed by atoms with van der Waals surface area (Å²) in [5.41, 5.74) is 1.21. The minimum Gasteiger partial charge on any atom is -0.497 e. The molecule has 1 aromatic carbocycles. The van der Waals surface area contributed by atoms with Crippen LogP contribution in [0.25, 0.3) is 6.08 Å². The van der Waals surface area contributed by atoms with Crippen molar-refractivity contribution in [2.75, 3.05) is 20.5 Å². The van der Waals surface area contributed by atoms with E-state index < -0.39 is 0 Å². The lowest BCUT2D eigenvalue weighted by Gasteiger charge is -2.07. The second-order valence-corrected chi connectivity index (χ2v) is 5.62. The van der Waals surface area contributed by atoms with Gasteiger partial charge in [0.25, 0.3) is 0 Å². The summed E-state index contributed by atoms with van der Waals surface area (Å²) < 4.78 is 11.2. The van der Waals surface area contributed by atoms with Crippen LogP contribution in [-0.2, 0) is 4.79 Å². The summed E-state index contributed by atoms with van der Waals surface area (Å²) in [6.45, 7) is 0. The van der Waals surface area contributed by atoms with Crippen LogP contribution in [0.4, 0.5) is 0 Å². The molecule has 1 aliphatic rings. The molecule has 0 unspecified atom stereocenters. The average Bonchev–Trinajstić information content (AvgIpc) is 2.79. The van der Waals surface area contributed by atoms with E-state index in [1.54, 1.807) is 26.4 Å². The monoisotopic (exact) mass is 295 g/mol. The van der Waals surface area contributed by atoms with E-state index in [0.29, 0.717) is 17.2 Å². The van der Waals surface area contributed by atoms with Gasteiger partial charge in [-0.25, -0.2) is 4.99 Å². The topological polar surface area (TPSA) is 47.9 Å². The molecular formula is C13H13NO3S2. The lowest BCUT2D eigenvalue weighted by Crippen LogP contribution is -1.92. The van der Waals surface area contributed by atoms with Crippen LogP contribution in [-0.4, -0.2) is 30.0 Å². The van der Waals surface area contributed by atoms with Crippen LogP contribution in [0.15, 0.2) is 28.9 Å². The van der Waals surface area contributed by atoms with E-state index >= 15 is 0 Å². The Bertz CT molecular complexity index is 567. The summed E-state index contributed by atoms with van der Waals surface area (Å²) in [6, 6.07) is 5.43. The number of carbonyl (C=O) groups excluding carboxylic acids is 1. The van der Waals surface area contributed by atoms with Gasteiger partial charge >= 0.3 is 0 Å². The average molecular weight is 295 g/mol. The second kappa shape index (κ2) is 6.16. The Labute approximate surface area is 120 Å². The van der Waals surface area contributed by atoms with Crippen LogP contribution in [0.1, 0.15) is 5.56 Å². The van der Waals surface area contributed by atoms with E-state index in [2.05, 4.69) is 4.99 Å². The molecule has 0 bridgehead atoms. The molecular weight excluding hydrogens is 282 g/mol. The number of rotatable bonds is 3. The van der Waals surface area contributed by atoms with E-state index in [1.807, 2.05) is 18.4 Å². The highest BCUT2D eigenvalue weighted by Gasteiger charge is 2.21. The molecule has 0 spiro atoms. The van der Waals surface area contributed by atoms with Crippen molar-refractivity contribution >= 4 is 39.1 Å². The highest BCUT2D eigenvalue weighted by atomic mass is 32.2. The molecule has 0 N–H and O–H groups in total. The zero-order chi connectivity index (χ0) is 13.8. The number of hydrogen-bond donors (Lipinski definition) is 0. The van der Waals surface area contributed by atoms with Gasteiger partial charge < -0.3 is 9.47 Å². The lowest BCUT2D eigenvalue weighted by molar-refractivity contribution is -0.107. The van der Waals surface area contributed by atoms with E-state index in [4.69, 9.17) is 9.47 Å². The van der Waals surface area contributed by atoms with Crippen molar-refractivity contribution in [3.63, 3.8) is 0 Å². The summed E-state index contributed by atoms with van der Waals surface area (Å²) >= 11 is 2.61. The lowest BCUT2D eigenvalue weighted by atomic mass is 10.1. The van der Waals surface area contributed by atoms with Crippen LogP contribution in [0.3, 0.4) is 0 Å². The molecule has 0 saturated heterocycles. The molecule has 1 aromatic rings. The van der Waals surface area contributed by atoms with Gasteiger partial charge in [-0.1, -0.05) is 0 Å². The molecule has 0 amide bonds. The number of hydrogen-bond acceptors (Lipinski definition) is 6. The third-order valence-corrected chi connectivity index (χ3v) is 4.36. The number of nitrogens with zero attached hydrogens (tertiary/aromatic N) is 1. The van der Waals surface area contributed by atoms with Crippen molar-refractivity contribution in [1.82, 2.24) is 0 Å². The quantitative estimate of drug-likeness (QED) is 0.802. The molecule has 0 fully saturated rings. The highest BCUT2D eigenvalue weighted by Crippen LogP contribution is 2.32. The zero-order valence-electron chi connectivity index (χ0n) is 10.8. The summed E-state index contributed by atoms with van der Waals surface area (Å²) in [6.07, 6.45) is 3.62. The third-order valence-electron chi connectivity index (χ3n) is 2.50. The van der Waals surface area contributed by atoms with Crippen LogP contribution in [0.2, 0.25) is 0 Å². The largest absolute Gasteiger partial charge is 0.497 e. The fourth-order valence-corrected chi connectivity index (χ4v) is 2.84. The van der Waals surface area contributed by atoms with Crippen LogP contribution in [0.5, 0.6) is 11.5 Å². The maximum absolute atomic E-state index is 11.8. The minimum atomic E-state index is -0.0470. The Kier molecular flexibility index (Phi) is 4.55. The number of ether oxygens (including phenoxy) is 2. The molecule has 4 nitrogen and oxygen atoms in total. The van der Waals surface area contributed by atoms with Crippen molar-refractivity contribution in [3.8, 4) is 11.5 Å².